The number of halogens is 1. The van der Waals surface area contributed by atoms with Crippen LogP contribution in [0.15, 0.2) is 18.3 Å². The molecule has 0 aromatic carbocycles. The van der Waals surface area contributed by atoms with E-state index in [9.17, 15) is 4.79 Å². The topological polar surface area (TPSA) is 44.1 Å². The lowest BCUT2D eigenvalue weighted by Gasteiger charge is -2.16. The van der Waals surface area contributed by atoms with E-state index < -0.39 is 8.07 Å². The summed E-state index contributed by atoms with van der Waals surface area (Å²) in [7, 11) is -1.08. The maximum Gasteiger partial charge on any atom is 0.152 e. The Morgan fingerprint density at radius 3 is 2.85 bits per heavy atom. The van der Waals surface area contributed by atoms with Crippen LogP contribution < -0.4 is 0 Å². The van der Waals surface area contributed by atoms with Crippen LogP contribution in [0.5, 0.6) is 0 Å². The highest BCUT2D eigenvalue weighted by molar-refractivity contribution is 6.76. The highest BCUT2D eigenvalue weighted by Crippen LogP contribution is 2.21. The van der Waals surface area contributed by atoms with Gasteiger partial charge in [-0.3, -0.25) is 4.79 Å². The van der Waals surface area contributed by atoms with Crippen LogP contribution in [0.25, 0.3) is 11.0 Å². The number of carbonyl (C=O) groups is 1. The van der Waals surface area contributed by atoms with Crippen molar-refractivity contribution in [2.45, 2.75) is 32.4 Å². The predicted octanol–water partition coefficient (Wildman–Crippen LogP) is 3.81. The van der Waals surface area contributed by atoms with Gasteiger partial charge in [-0.25, -0.2) is 4.98 Å². The molecule has 108 valence electrons. The Hall–Kier alpha value is -1.17. The number of rotatable bonds is 6. The van der Waals surface area contributed by atoms with Gasteiger partial charge in [0.15, 0.2) is 6.29 Å². The third-order valence-corrected chi connectivity index (χ3v) is 4.97. The van der Waals surface area contributed by atoms with E-state index >= 15 is 0 Å². The summed E-state index contributed by atoms with van der Waals surface area (Å²) < 4.78 is 7.61. The van der Waals surface area contributed by atoms with Gasteiger partial charge in [0.2, 0.25) is 0 Å². The minimum Gasteiger partial charge on any atom is -0.361 e. The molecule has 0 fully saturated rings. The summed E-state index contributed by atoms with van der Waals surface area (Å²) in [6.45, 7) is 8.12. The van der Waals surface area contributed by atoms with Crippen molar-refractivity contribution in [3.8, 4) is 0 Å². The van der Waals surface area contributed by atoms with Gasteiger partial charge in [-0.05, 0) is 18.2 Å². The minimum atomic E-state index is -1.08. The molecule has 2 aromatic heterocycles. The Morgan fingerprint density at radius 1 is 1.45 bits per heavy atom. The monoisotopic (exact) mass is 310 g/mol. The van der Waals surface area contributed by atoms with E-state index in [-0.39, 0.29) is 0 Å². The van der Waals surface area contributed by atoms with Gasteiger partial charge in [-0.1, -0.05) is 31.2 Å². The van der Waals surface area contributed by atoms with Crippen LogP contribution in [0.4, 0.5) is 0 Å². The molecule has 0 amide bonds. The van der Waals surface area contributed by atoms with Crippen LogP contribution in [0, 0.1) is 0 Å². The average Bonchev–Trinajstić information content (AvgIpc) is 2.75. The first-order chi connectivity index (χ1) is 9.40. The molecule has 0 aliphatic rings. The molecule has 0 bridgehead atoms. The molecular weight excluding hydrogens is 292 g/mol. The van der Waals surface area contributed by atoms with Crippen molar-refractivity contribution in [3.05, 3.63) is 29.0 Å². The quantitative estimate of drug-likeness (QED) is 0.353. The van der Waals surface area contributed by atoms with Gasteiger partial charge in [0.05, 0.1) is 11.0 Å². The maximum absolute atomic E-state index is 11.1. The highest BCUT2D eigenvalue weighted by Gasteiger charge is 2.13. The zero-order chi connectivity index (χ0) is 14.8. The van der Waals surface area contributed by atoms with Crippen molar-refractivity contribution < 1.29 is 9.53 Å². The fourth-order valence-corrected chi connectivity index (χ4v) is 2.91. The van der Waals surface area contributed by atoms with E-state index in [1.165, 1.54) is 0 Å². The van der Waals surface area contributed by atoms with Crippen LogP contribution in [0.1, 0.15) is 10.4 Å². The average molecular weight is 311 g/mol. The van der Waals surface area contributed by atoms with E-state index in [0.29, 0.717) is 23.0 Å². The van der Waals surface area contributed by atoms with Gasteiger partial charge >= 0.3 is 0 Å². The first-order valence-corrected chi connectivity index (χ1v) is 10.7. The second-order valence-corrected chi connectivity index (χ2v) is 12.0. The van der Waals surface area contributed by atoms with Crippen LogP contribution in [-0.2, 0) is 11.5 Å². The number of hydrogen-bond donors (Lipinski definition) is 0. The van der Waals surface area contributed by atoms with E-state index in [2.05, 4.69) is 24.6 Å². The van der Waals surface area contributed by atoms with Crippen LogP contribution >= 0.6 is 11.6 Å². The fourth-order valence-electron chi connectivity index (χ4n) is 1.95. The van der Waals surface area contributed by atoms with Gasteiger partial charge in [0.25, 0.3) is 0 Å². The molecule has 20 heavy (non-hydrogen) atoms. The van der Waals surface area contributed by atoms with Gasteiger partial charge in [0.1, 0.15) is 11.9 Å². The molecule has 0 spiro atoms. The van der Waals surface area contributed by atoms with Crippen molar-refractivity contribution in [2.24, 2.45) is 0 Å². The SMILES string of the molecule is C[Si](C)(C)CCOCn1ccc2nc(Cl)cc(C=O)c21. The zero-order valence-electron chi connectivity index (χ0n) is 12.0. The highest BCUT2D eigenvalue weighted by atomic mass is 35.5. The molecule has 0 aliphatic heterocycles. The lowest BCUT2D eigenvalue weighted by Crippen LogP contribution is -2.22. The number of nitrogens with zero attached hydrogens (tertiary/aromatic N) is 2. The molecule has 2 aromatic rings. The number of hydrogen-bond acceptors (Lipinski definition) is 3. The normalized spacial score (nSPS) is 12.0. The Balaban J connectivity index is 2.13. The Bertz CT molecular complexity index is 619. The molecule has 0 saturated carbocycles. The second kappa shape index (κ2) is 6.07. The summed E-state index contributed by atoms with van der Waals surface area (Å²) in [5.41, 5.74) is 2.03. The number of carbonyl (C=O) groups excluding carboxylic acids is 1. The molecule has 0 saturated heterocycles. The van der Waals surface area contributed by atoms with Gasteiger partial charge in [0, 0.05) is 26.4 Å². The Kier molecular flexibility index (Phi) is 4.62. The second-order valence-electron chi connectivity index (χ2n) is 6.02. The number of pyridine rings is 1. The number of fused-ring (bicyclic) bond motifs is 1. The van der Waals surface area contributed by atoms with E-state index in [1.807, 2.05) is 16.8 Å². The zero-order valence-corrected chi connectivity index (χ0v) is 13.8. The van der Waals surface area contributed by atoms with Crippen molar-refractivity contribution in [3.63, 3.8) is 0 Å². The summed E-state index contributed by atoms with van der Waals surface area (Å²) in [6.07, 6.45) is 2.67. The van der Waals surface area contributed by atoms with Crippen LogP contribution in [0.3, 0.4) is 0 Å². The third-order valence-electron chi connectivity index (χ3n) is 3.07. The van der Waals surface area contributed by atoms with Crippen molar-refractivity contribution in [1.82, 2.24) is 9.55 Å². The lowest BCUT2D eigenvalue weighted by atomic mass is 10.2. The first-order valence-electron chi connectivity index (χ1n) is 6.59. The third kappa shape index (κ3) is 3.68. The largest absolute Gasteiger partial charge is 0.361 e. The van der Waals surface area contributed by atoms with E-state index in [0.717, 1.165) is 24.5 Å². The summed E-state index contributed by atoms with van der Waals surface area (Å²) in [4.78, 5) is 15.4. The summed E-state index contributed by atoms with van der Waals surface area (Å²) in [5.74, 6) is 0. The summed E-state index contributed by atoms with van der Waals surface area (Å²) in [5, 5.41) is 0.331. The fraction of sp³-hybridized carbons (Fsp3) is 0.429. The smallest absolute Gasteiger partial charge is 0.152 e. The standard InChI is InChI=1S/C14H19ClN2O2Si/c1-20(2,3)7-6-19-10-17-5-4-12-14(17)11(9-18)8-13(15)16-12/h4-5,8-9H,6-7,10H2,1-3H3. The molecular formula is C14H19ClN2O2Si. The van der Waals surface area contributed by atoms with E-state index in [1.54, 1.807) is 6.07 Å². The van der Waals surface area contributed by atoms with Crippen LogP contribution in [-0.4, -0.2) is 30.5 Å². The molecule has 0 atom stereocenters. The van der Waals surface area contributed by atoms with Crippen molar-refractivity contribution in [1.29, 1.82) is 0 Å². The molecule has 0 aliphatic carbocycles. The van der Waals surface area contributed by atoms with Crippen molar-refractivity contribution >= 4 is 37.0 Å². The van der Waals surface area contributed by atoms with Gasteiger partial charge in [-0.15, -0.1) is 0 Å². The minimum absolute atomic E-state index is 0.331. The molecule has 0 radical (unpaired) electrons. The Morgan fingerprint density at radius 2 is 2.20 bits per heavy atom. The van der Waals surface area contributed by atoms with Gasteiger partial charge < -0.3 is 9.30 Å². The van der Waals surface area contributed by atoms with Crippen LogP contribution in [0.2, 0.25) is 30.8 Å². The number of aromatic nitrogens is 2. The number of ether oxygens (including phenoxy) is 1. The molecule has 0 unspecified atom stereocenters. The van der Waals surface area contributed by atoms with E-state index in [4.69, 9.17) is 16.3 Å². The van der Waals surface area contributed by atoms with Gasteiger partial charge in [-0.2, -0.15) is 0 Å². The molecule has 4 nitrogen and oxygen atoms in total. The summed E-state index contributed by atoms with van der Waals surface area (Å²) >= 11 is 5.88. The maximum atomic E-state index is 11.1. The predicted molar refractivity (Wildman–Crippen MR) is 84.2 cm³/mol. The van der Waals surface area contributed by atoms with Crippen molar-refractivity contribution in [2.75, 3.05) is 6.61 Å². The first kappa shape index (κ1) is 15.2. The summed E-state index contributed by atoms with van der Waals surface area (Å²) in [6, 6.07) is 4.54. The molecule has 2 heterocycles. The molecule has 6 heteroatoms. The number of aldehydes is 1. The Labute approximate surface area is 124 Å². The molecule has 0 N–H and O–H groups in total. The molecule has 2 rings (SSSR count). The lowest BCUT2D eigenvalue weighted by molar-refractivity contribution is 0.0901.